The van der Waals surface area contributed by atoms with Crippen LogP contribution in [0.5, 0.6) is 0 Å². The van der Waals surface area contributed by atoms with Gasteiger partial charge in [0.25, 0.3) is 0 Å². The highest BCUT2D eigenvalue weighted by Crippen LogP contribution is 2.39. The second-order valence-electron chi connectivity index (χ2n) is 13.0. The van der Waals surface area contributed by atoms with Gasteiger partial charge in [0.15, 0.2) is 6.29 Å². The zero-order chi connectivity index (χ0) is 38.1. The summed E-state index contributed by atoms with van der Waals surface area (Å²) in [5.74, 6) is -1.08. The van der Waals surface area contributed by atoms with Crippen molar-refractivity contribution in [1.82, 2.24) is 15.0 Å². The predicted octanol–water partition coefficient (Wildman–Crippen LogP) is 6.12. The first kappa shape index (κ1) is 38.8. The lowest BCUT2D eigenvalue weighted by atomic mass is 10.0. The molecule has 5 aromatic rings. The fourth-order valence-corrected chi connectivity index (χ4v) is 8.18. The highest BCUT2D eigenvalue weighted by atomic mass is 32.2. The number of thioether (sulfide) groups is 1. The number of aliphatic hydroxyl groups is 1. The van der Waals surface area contributed by atoms with Gasteiger partial charge in [0, 0.05) is 30.5 Å². The molecule has 0 unspecified atom stereocenters. The molecule has 0 bridgehead atoms. The van der Waals surface area contributed by atoms with Crippen molar-refractivity contribution in [2.45, 2.75) is 67.4 Å². The quantitative estimate of drug-likeness (QED) is 0.0913. The minimum Gasteiger partial charge on any atom is -0.478 e. The zero-order valence-electron chi connectivity index (χ0n) is 29.5. The number of carboxylic acids is 1. The van der Waals surface area contributed by atoms with Gasteiger partial charge in [-0.25, -0.2) is 18.2 Å². The number of hydrogen-bond acceptors (Lipinski definition) is 9. The lowest BCUT2D eigenvalue weighted by molar-refractivity contribution is -0.245. The molecule has 54 heavy (non-hydrogen) atoms. The third kappa shape index (κ3) is 10.2. The number of sulfonamides is 1. The Morgan fingerprint density at radius 2 is 1.54 bits per heavy atom. The van der Waals surface area contributed by atoms with Gasteiger partial charge in [-0.1, -0.05) is 96.6 Å². The number of nitrogens with zero attached hydrogens (tertiary/aromatic N) is 1. The maximum absolute atomic E-state index is 13.5. The number of pyridine rings is 1. The summed E-state index contributed by atoms with van der Waals surface area (Å²) in [7, 11) is -3.98. The Bertz CT molecular complexity index is 2130. The van der Waals surface area contributed by atoms with E-state index in [1.165, 1.54) is 30.0 Å². The molecule has 4 aromatic carbocycles. The third-order valence-corrected chi connectivity index (χ3v) is 11.6. The van der Waals surface area contributed by atoms with Gasteiger partial charge < -0.3 is 25.0 Å². The van der Waals surface area contributed by atoms with E-state index < -0.39 is 34.2 Å². The Morgan fingerprint density at radius 3 is 2.22 bits per heavy atom. The molecule has 1 aromatic heterocycles. The summed E-state index contributed by atoms with van der Waals surface area (Å²) < 4.78 is 42.0. The molecule has 1 aliphatic heterocycles. The van der Waals surface area contributed by atoms with E-state index >= 15 is 0 Å². The van der Waals surface area contributed by atoms with Crippen LogP contribution < -0.4 is 10.0 Å². The maximum atomic E-state index is 13.5. The summed E-state index contributed by atoms with van der Waals surface area (Å²) in [5, 5.41) is 22.5. The number of aryl methyl sites for hydroxylation is 1. The molecule has 0 radical (unpaired) electrons. The minimum absolute atomic E-state index is 0.0731. The molecule has 1 saturated heterocycles. The lowest BCUT2D eigenvalue weighted by Gasteiger charge is -2.36. The van der Waals surface area contributed by atoms with Gasteiger partial charge in [-0.3, -0.25) is 4.79 Å². The van der Waals surface area contributed by atoms with Crippen molar-refractivity contribution < 1.29 is 37.7 Å². The molecule has 11 nitrogen and oxygen atoms in total. The number of aromatic nitrogens is 1. The second kappa shape index (κ2) is 18.0. The van der Waals surface area contributed by atoms with Crippen molar-refractivity contribution in [1.29, 1.82) is 0 Å². The summed E-state index contributed by atoms with van der Waals surface area (Å²) in [6.07, 6.45) is 0.835. The molecule has 2 heterocycles. The number of aliphatic hydroxyl groups excluding tert-OH is 1. The molecule has 13 heteroatoms. The van der Waals surface area contributed by atoms with Gasteiger partial charge in [-0.15, -0.1) is 11.8 Å². The Labute approximate surface area is 318 Å². The molecule has 1 amide bonds. The van der Waals surface area contributed by atoms with E-state index in [4.69, 9.17) is 9.47 Å². The Kier molecular flexibility index (Phi) is 12.9. The normalized spacial score (nSPS) is 17.8. The number of rotatable bonds is 15. The van der Waals surface area contributed by atoms with Crippen molar-refractivity contribution in [2.24, 2.45) is 0 Å². The second-order valence-corrected chi connectivity index (χ2v) is 15.7. The minimum atomic E-state index is -3.98. The average Bonchev–Trinajstić information content (AvgIpc) is 3.19. The maximum Gasteiger partial charge on any atom is 0.338 e. The van der Waals surface area contributed by atoms with Crippen LogP contribution in [0.1, 0.15) is 62.6 Å². The van der Waals surface area contributed by atoms with Crippen molar-refractivity contribution >= 4 is 33.7 Å². The van der Waals surface area contributed by atoms with Crippen LogP contribution in [-0.2, 0) is 43.9 Å². The van der Waals surface area contributed by atoms with Gasteiger partial charge in [0.05, 0.1) is 29.3 Å². The first-order valence-electron chi connectivity index (χ1n) is 17.4. The monoisotopic (exact) mass is 767 g/mol. The number of carbonyl (C=O) groups excluding carboxylic acids is 1. The molecule has 1 fully saturated rings. The fourth-order valence-electron chi connectivity index (χ4n) is 5.98. The molecule has 280 valence electrons. The Balaban J connectivity index is 1.15. The van der Waals surface area contributed by atoms with Gasteiger partial charge in [-0.05, 0) is 59.9 Å². The number of carboxylic acid groups (broad SMARTS) is 1. The summed E-state index contributed by atoms with van der Waals surface area (Å²) in [4.78, 5) is 29.6. The van der Waals surface area contributed by atoms with E-state index in [2.05, 4.69) is 15.0 Å². The predicted molar refractivity (Wildman–Crippen MR) is 204 cm³/mol. The van der Waals surface area contributed by atoms with E-state index in [9.17, 15) is 28.2 Å². The number of ether oxygens (including phenoxy) is 2. The van der Waals surface area contributed by atoms with Crippen LogP contribution in [0.2, 0.25) is 0 Å². The molecular weight excluding hydrogens is 727 g/mol. The molecule has 4 atom stereocenters. The summed E-state index contributed by atoms with van der Waals surface area (Å²) in [6, 6.07) is 32.7. The SMILES string of the molecule is Cc1ccc(S(=O)(=O)N[C@H](Cc2ccccc2)C(=O)NCc2ccc([C@H]3O[C@@H](CSc4ncccc4C(=O)O)C[C@@H](c4ccc(CO)cc4)O3)cc2)cc1. The molecule has 0 aliphatic carbocycles. The first-order chi connectivity index (χ1) is 26.1. The highest BCUT2D eigenvalue weighted by molar-refractivity contribution is 7.99. The van der Waals surface area contributed by atoms with Crippen LogP contribution in [0.25, 0.3) is 0 Å². The van der Waals surface area contributed by atoms with Crippen LogP contribution in [0.15, 0.2) is 131 Å². The van der Waals surface area contributed by atoms with Crippen LogP contribution in [0.3, 0.4) is 0 Å². The number of amides is 1. The number of nitrogens with one attached hydrogen (secondary N) is 2. The number of hydrogen-bond donors (Lipinski definition) is 4. The van der Waals surface area contributed by atoms with Crippen molar-refractivity contribution in [3.05, 3.63) is 160 Å². The fraction of sp³-hybridized carbons (Fsp3) is 0.244. The lowest BCUT2D eigenvalue weighted by Crippen LogP contribution is -2.47. The highest BCUT2D eigenvalue weighted by Gasteiger charge is 2.33. The van der Waals surface area contributed by atoms with Crippen molar-refractivity contribution in [3.8, 4) is 0 Å². The third-order valence-electron chi connectivity index (χ3n) is 8.97. The van der Waals surface area contributed by atoms with E-state index in [0.29, 0.717) is 17.2 Å². The van der Waals surface area contributed by atoms with Gasteiger partial charge >= 0.3 is 5.97 Å². The Hall–Kier alpha value is -4.89. The van der Waals surface area contributed by atoms with Crippen LogP contribution in [0, 0.1) is 6.92 Å². The van der Waals surface area contributed by atoms with E-state index in [1.807, 2.05) is 85.8 Å². The molecule has 0 spiro atoms. The number of carbonyl (C=O) groups is 2. The van der Waals surface area contributed by atoms with Gasteiger partial charge in [-0.2, -0.15) is 4.72 Å². The first-order valence-corrected chi connectivity index (χ1v) is 19.9. The molecule has 0 saturated carbocycles. The summed E-state index contributed by atoms with van der Waals surface area (Å²) in [6.45, 7) is 1.95. The van der Waals surface area contributed by atoms with Crippen LogP contribution >= 0.6 is 11.8 Å². The smallest absolute Gasteiger partial charge is 0.338 e. The molecule has 6 rings (SSSR count). The standard InChI is InChI=1S/C41H41N3O8S2/c1-27-9-19-34(20-10-27)54(49,50)44-36(22-28-6-3-2-4-7-28)38(46)43-24-29-11-17-32(18-12-29)41-51-33(26-53-39-35(40(47)48)8-5-21-42-39)23-37(52-41)31-15-13-30(25-45)14-16-31/h2-21,33,36-37,41,44-45H,22-26H2,1H3,(H,43,46)(H,47,48)/t33-,36-,37+,41+/m1/s1. The van der Waals surface area contributed by atoms with Crippen LogP contribution in [0.4, 0.5) is 0 Å². The Morgan fingerprint density at radius 1 is 0.852 bits per heavy atom. The van der Waals surface area contributed by atoms with Crippen molar-refractivity contribution in [2.75, 3.05) is 5.75 Å². The summed E-state index contributed by atoms with van der Waals surface area (Å²) in [5.41, 5.74) is 5.08. The zero-order valence-corrected chi connectivity index (χ0v) is 31.1. The molecule has 1 aliphatic rings. The van der Waals surface area contributed by atoms with Crippen LogP contribution in [-0.4, -0.2) is 53.4 Å². The van der Waals surface area contributed by atoms with Gasteiger partial charge in [0.1, 0.15) is 11.1 Å². The van der Waals surface area contributed by atoms with Crippen molar-refractivity contribution in [3.63, 3.8) is 0 Å². The molecule has 4 N–H and O–H groups in total. The average molecular weight is 768 g/mol. The largest absolute Gasteiger partial charge is 0.478 e. The van der Waals surface area contributed by atoms with E-state index in [0.717, 1.165) is 33.4 Å². The van der Waals surface area contributed by atoms with E-state index in [1.54, 1.807) is 24.4 Å². The number of aromatic carboxylic acids is 1. The summed E-state index contributed by atoms with van der Waals surface area (Å²) >= 11 is 1.31. The topological polar surface area (TPSA) is 164 Å². The van der Waals surface area contributed by atoms with E-state index in [-0.39, 0.29) is 42.2 Å². The molecular formula is C41H41N3O8S2. The van der Waals surface area contributed by atoms with Gasteiger partial charge in [0.2, 0.25) is 15.9 Å². The number of benzene rings is 4.